The van der Waals surface area contributed by atoms with Gasteiger partial charge in [0.1, 0.15) is 5.82 Å². The van der Waals surface area contributed by atoms with Crippen molar-refractivity contribution in [1.29, 1.82) is 0 Å². The minimum absolute atomic E-state index is 1.14. The van der Waals surface area contributed by atoms with Gasteiger partial charge in [-0.1, -0.05) is 66.7 Å². The second-order valence-electron chi connectivity index (χ2n) is 7.59. The Bertz CT molecular complexity index is 1440. The molecule has 0 atom stereocenters. The molecule has 0 fully saturated rings. The summed E-state index contributed by atoms with van der Waals surface area (Å²) in [5, 5.41) is 7.84. The van der Waals surface area contributed by atoms with Crippen molar-refractivity contribution in [2.45, 2.75) is 0 Å². The quantitative estimate of drug-likeness (QED) is 0.294. The van der Waals surface area contributed by atoms with E-state index in [0.29, 0.717) is 0 Å². The molecule has 0 bridgehead atoms. The lowest BCUT2D eigenvalue weighted by Crippen LogP contribution is -2.13. The fourth-order valence-electron chi connectivity index (χ4n) is 4.57. The molecule has 0 unspecified atom stereocenters. The highest BCUT2D eigenvalue weighted by Crippen LogP contribution is 2.43. The average molecular weight is 372 g/mol. The lowest BCUT2D eigenvalue weighted by atomic mass is 9.93. The Kier molecular flexibility index (Phi) is 3.41. The van der Waals surface area contributed by atoms with Gasteiger partial charge in [0.25, 0.3) is 0 Å². The maximum absolute atomic E-state index is 2.35. The first-order valence-electron chi connectivity index (χ1n) is 9.94. The van der Waals surface area contributed by atoms with Crippen LogP contribution < -0.4 is 4.90 Å². The molecule has 0 spiro atoms. The van der Waals surface area contributed by atoms with Gasteiger partial charge in [0, 0.05) is 24.3 Å². The summed E-state index contributed by atoms with van der Waals surface area (Å²) in [4.78, 5) is 2.35. The molecule has 0 aliphatic rings. The molecule has 0 saturated heterocycles. The number of rotatable bonds is 3. The predicted molar refractivity (Wildman–Crippen MR) is 124 cm³/mol. The van der Waals surface area contributed by atoms with Crippen LogP contribution in [0, 0.1) is 0 Å². The molecule has 0 aliphatic heterocycles. The maximum Gasteiger partial charge on any atom is 0.117 e. The molecule has 2 nitrogen and oxygen atoms in total. The van der Waals surface area contributed by atoms with E-state index in [4.69, 9.17) is 0 Å². The molecular formula is C27H20N2. The summed E-state index contributed by atoms with van der Waals surface area (Å²) in [5.74, 6) is 1.14. The monoisotopic (exact) mass is 372 g/mol. The van der Waals surface area contributed by atoms with Crippen LogP contribution in [0.4, 0.5) is 17.2 Å². The average Bonchev–Trinajstić information content (AvgIpc) is 3.19. The number of benzene rings is 5. The van der Waals surface area contributed by atoms with E-state index in [2.05, 4.69) is 120 Å². The summed E-state index contributed by atoms with van der Waals surface area (Å²) < 4.78 is 2.17. The Morgan fingerprint density at radius 1 is 0.586 bits per heavy atom. The molecular weight excluding hydrogens is 352 g/mol. The van der Waals surface area contributed by atoms with Gasteiger partial charge in [-0.3, -0.25) is 4.90 Å². The minimum atomic E-state index is 1.14. The van der Waals surface area contributed by atoms with Crippen molar-refractivity contribution in [3.8, 4) is 0 Å². The molecule has 0 saturated carbocycles. The van der Waals surface area contributed by atoms with Crippen LogP contribution in [0.15, 0.2) is 103 Å². The van der Waals surface area contributed by atoms with Crippen molar-refractivity contribution >= 4 is 49.5 Å². The van der Waals surface area contributed by atoms with E-state index in [1.165, 1.54) is 38.0 Å². The van der Waals surface area contributed by atoms with Crippen LogP contribution in [-0.2, 0) is 7.05 Å². The molecule has 0 N–H and O–H groups in total. The lowest BCUT2D eigenvalue weighted by Gasteiger charge is -2.27. The number of nitrogens with zero attached hydrogens (tertiary/aromatic N) is 2. The van der Waals surface area contributed by atoms with Gasteiger partial charge in [0.05, 0.1) is 5.69 Å². The number of aryl methyl sites for hydroxylation is 1. The number of anilines is 3. The first-order chi connectivity index (χ1) is 14.3. The standard InChI is InChI=1S/C27H20N2/c1-28-18-6-11-25(28)29(22-9-3-2-4-10-22)24-17-15-21-13-12-19-7-5-8-20-14-16-23(24)27(21)26(19)20/h2-18H,1H3. The molecule has 0 amide bonds. The molecule has 2 heteroatoms. The summed E-state index contributed by atoms with van der Waals surface area (Å²) in [6.45, 7) is 0. The van der Waals surface area contributed by atoms with Crippen molar-refractivity contribution in [3.63, 3.8) is 0 Å². The topological polar surface area (TPSA) is 8.17 Å². The molecule has 6 rings (SSSR count). The predicted octanol–water partition coefficient (Wildman–Crippen LogP) is 7.39. The Morgan fingerprint density at radius 3 is 2.00 bits per heavy atom. The molecule has 138 valence electrons. The van der Waals surface area contributed by atoms with Gasteiger partial charge >= 0.3 is 0 Å². The Hall–Kier alpha value is -3.78. The third-order valence-corrected chi connectivity index (χ3v) is 5.91. The van der Waals surface area contributed by atoms with Crippen LogP contribution in [0.2, 0.25) is 0 Å². The normalized spacial score (nSPS) is 11.6. The molecule has 0 aliphatic carbocycles. The zero-order chi connectivity index (χ0) is 19.4. The molecule has 29 heavy (non-hydrogen) atoms. The van der Waals surface area contributed by atoms with Gasteiger partial charge in [-0.05, 0) is 57.3 Å². The van der Waals surface area contributed by atoms with Crippen LogP contribution in [-0.4, -0.2) is 4.57 Å². The largest absolute Gasteiger partial charge is 0.337 e. The van der Waals surface area contributed by atoms with Crippen molar-refractivity contribution < 1.29 is 0 Å². The fraction of sp³-hybridized carbons (Fsp3) is 0.0370. The highest BCUT2D eigenvalue weighted by Gasteiger charge is 2.19. The molecule has 5 aromatic carbocycles. The van der Waals surface area contributed by atoms with Crippen LogP contribution in [0.25, 0.3) is 32.3 Å². The number of aromatic nitrogens is 1. The maximum atomic E-state index is 2.35. The van der Waals surface area contributed by atoms with Gasteiger partial charge in [-0.2, -0.15) is 0 Å². The van der Waals surface area contributed by atoms with E-state index in [9.17, 15) is 0 Å². The number of hydrogen-bond donors (Lipinski definition) is 0. The van der Waals surface area contributed by atoms with Crippen molar-refractivity contribution in [3.05, 3.63) is 103 Å². The van der Waals surface area contributed by atoms with Gasteiger partial charge in [-0.15, -0.1) is 0 Å². The SMILES string of the molecule is Cn1cccc1N(c1ccccc1)c1ccc2ccc3cccc4ccc1c2c34. The third kappa shape index (κ3) is 2.36. The lowest BCUT2D eigenvalue weighted by molar-refractivity contribution is 0.914. The van der Waals surface area contributed by atoms with Crippen molar-refractivity contribution in [1.82, 2.24) is 4.57 Å². The van der Waals surface area contributed by atoms with E-state index in [1.807, 2.05) is 0 Å². The van der Waals surface area contributed by atoms with Crippen molar-refractivity contribution in [2.75, 3.05) is 4.90 Å². The Labute approximate surface area is 169 Å². The summed E-state index contributed by atoms with van der Waals surface area (Å²) in [5.41, 5.74) is 2.35. The Balaban J connectivity index is 1.74. The van der Waals surface area contributed by atoms with Gasteiger partial charge in [-0.25, -0.2) is 0 Å². The molecule has 1 aromatic heterocycles. The second-order valence-corrected chi connectivity index (χ2v) is 7.59. The third-order valence-electron chi connectivity index (χ3n) is 5.91. The molecule has 1 heterocycles. The fourth-order valence-corrected chi connectivity index (χ4v) is 4.57. The van der Waals surface area contributed by atoms with Gasteiger partial charge < -0.3 is 4.57 Å². The summed E-state index contributed by atoms with van der Waals surface area (Å²) in [6, 6.07) is 34.9. The van der Waals surface area contributed by atoms with Crippen LogP contribution in [0.3, 0.4) is 0 Å². The first-order valence-corrected chi connectivity index (χ1v) is 9.94. The zero-order valence-electron chi connectivity index (χ0n) is 16.2. The summed E-state index contributed by atoms with van der Waals surface area (Å²) in [6.07, 6.45) is 2.10. The second kappa shape index (κ2) is 6.11. The highest BCUT2D eigenvalue weighted by atomic mass is 15.2. The van der Waals surface area contributed by atoms with E-state index in [1.54, 1.807) is 0 Å². The van der Waals surface area contributed by atoms with Gasteiger partial charge in [0.15, 0.2) is 0 Å². The molecule has 6 aromatic rings. The Morgan fingerprint density at radius 2 is 1.28 bits per heavy atom. The van der Waals surface area contributed by atoms with E-state index < -0.39 is 0 Å². The molecule has 0 radical (unpaired) electrons. The van der Waals surface area contributed by atoms with E-state index >= 15 is 0 Å². The zero-order valence-corrected chi connectivity index (χ0v) is 16.2. The van der Waals surface area contributed by atoms with Crippen LogP contribution in [0.1, 0.15) is 0 Å². The van der Waals surface area contributed by atoms with Crippen LogP contribution >= 0.6 is 0 Å². The van der Waals surface area contributed by atoms with Gasteiger partial charge in [0.2, 0.25) is 0 Å². The summed E-state index contributed by atoms with van der Waals surface area (Å²) >= 11 is 0. The smallest absolute Gasteiger partial charge is 0.117 e. The number of para-hydroxylation sites is 1. The number of hydrogen-bond acceptors (Lipinski definition) is 1. The first kappa shape index (κ1) is 16.2. The van der Waals surface area contributed by atoms with E-state index in [0.717, 1.165) is 11.5 Å². The van der Waals surface area contributed by atoms with E-state index in [-0.39, 0.29) is 0 Å². The highest BCUT2D eigenvalue weighted by molar-refractivity contribution is 6.25. The minimum Gasteiger partial charge on any atom is -0.337 e. The summed E-state index contributed by atoms with van der Waals surface area (Å²) in [7, 11) is 2.10. The van der Waals surface area contributed by atoms with Crippen molar-refractivity contribution in [2.24, 2.45) is 7.05 Å². The van der Waals surface area contributed by atoms with Crippen LogP contribution in [0.5, 0.6) is 0 Å².